The normalized spacial score (nSPS) is 19.1. The second kappa shape index (κ2) is 8.04. The zero-order valence-corrected chi connectivity index (χ0v) is 17.1. The molecule has 0 bridgehead atoms. The zero-order chi connectivity index (χ0) is 20.4. The minimum Gasteiger partial charge on any atom is -0.454 e. The van der Waals surface area contributed by atoms with Gasteiger partial charge in [0.2, 0.25) is 22.7 Å². The van der Waals surface area contributed by atoms with Crippen molar-refractivity contribution in [1.29, 1.82) is 0 Å². The quantitative estimate of drug-likeness (QED) is 0.809. The fourth-order valence-electron chi connectivity index (χ4n) is 3.62. The van der Waals surface area contributed by atoms with Crippen molar-refractivity contribution < 1.29 is 22.7 Å². The maximum absolute atomic E-state index is 12.9. The van der Waals surface area contributed by atoms with Gasteiger partial charge in [-0.3, -0.25) is 4.79 Å². The van der Waals surface area contributed by atoms with Crippen LogP contribution in [0, 0.1) is 12.8 Å². The zero-order valence-electron chi connectivity index (χ0n) is 16.3. The van der Waals surface area contributed by atoms with E-state index in [-0.39, 0.29) is 30.1 Å². The van der Waals surface area contributed by atoms with E-state index in [1.54, 1.807) is 24.3 Å². The summed E-state index contributed by atoms with van der Waals surface area (Å²) in [7, 11) is -3.60. The molecule has 1 N–H and O–H groups in total. The number of amides is 1. The lowest BCUT2D eigenvalue weighted by Gasteiger charge is -2.31. The maximum Gasteiger partial charge on any atom is 0.243 e. The maximum atomic E-state index is 12.9. The van der Waals surface area contributed by atoms with Crippen LogP contribution in [0.15, 0.2) is 47.4 Å². The van der Waals surface area contributed by atoms with Crippen molar-refractivity contribution in [3.63, 3.8) is 0 Å². The van der Waals surface area contributed by atoms with Gasteiger partial charge in [-0.15, -0.1) is 0 Å². The molecular weight excluding hydrogens is 392 g/mol. The molecule has 8 heteroatoms. The van der Waals surface area contributed by atoms with Crippen LogP contribution in [0.3, 0.4) is 0 Å². The number of hydrogen-bond donors (Lipinski definition) is 1. The monoisotopic (exact) mass is 416 g/mol. The third kappa shape index (κ3) is 4.23. The molecule has 154 valence electrons. The summed E-state index contributed by atoms with van der Waals surface area (Å²) >= 11 is 0. The van der Waals surface area contributed by atoms with Crippen LogP contribution in [0.1, 0.15) is 24.0 Å². The number of benzene rings is 2. The molecule has 0 spiro atoms. The van der Waals surface area contributed by atoms with Crippen LogP contribution in [0.25, 0.3) is 0 Å². The van der Waals surface area contributed by atoms with Gasteiger partial charge >= 0.3 is 0 Å². The molecule has 1 fully saturated rings. The van der Waals surface area contributed by atoms with Crippen LogP contribution < -0.4 is 14.8 Å². The van der Waals surface area contributed by atoms with Crippen LogP contribution in [0.4, 0.5) is 0 Å². The summed E-state index contributed by atoms with van der Waals surface area (Å²) in [6.45, 7) is 3.11. The summed E-state index contributed by atoms with van der Waals surface area (Å²) in [4.78, 5) is 12.9. The number of hydrogen-bond acceptors (Lipinski definition) is 5. The summed E-state index contributed by atoms with van der Waals surface area (Å²) < 4.78 is 37.9. The fraction of sp³-hybridized carbons (Fsp3) is 0.381. The smallest absolute Gasteiger partial charge is 0.243 e. The standard InChI is InChI=1S/C21H24N2O5S/c1-15-4-7-18(8-5-15)29(25,26)23-10-2-3-17(13-23)21(24)22-12-16-6-9-19-20(11-16)28-14-27-19/h4-9,11,17H,2-3,10,12-14H2,1H3,(H,22,24)/t17-/m1/s1. The van der Waals surface area contributed by atoms with E-state index in [1.165, 1.54) is 4.31 Å². The molecule has 2 aromatic rings. The summed E-state index contributed by atoms with van der Waals surface area (Å²) in [6, 6.07) is 12.3. The second-order valence-corrected chi connectivity index (χ2v) is 9.36. The van der Waals surface area contributed by atoms with Crippen molar-refractivity contribution in [2.24, 2.45) is 5.92 Å². The van der Waals surface area contributed by atoms with Crippen LogP contribution in [0.5, 0.6) is 11.5 Å². The summed E-state index contributed by atoms with van der Waals surface area (Å²) in [5.41, 5.74) is 1.91. The Kier molecular flexibility index (Phi) is 5.47. The Morgan fingerprint density at radius 1 is 1.14 bits per heavy atom. The Hall–Kier alpha value is -2.58. The molecule has 0 aromatic heterocycles. The van der Waals surface area contributed by atoms with Crippen molar-refractivity contribution in [3.8, 4) is 11.5 Å². The van der Waals surface area contributed by atoms with Crippen molar-refractivity contribution in [1.82, 2.24) is 9.62 Å². The van der Waals surface area contributed by atoms with Gasteiger partial charge in [0.1, 0.15) is 0 Å². The second-order valence-electron chi connectivity index (χ2n) is 7.42. The largest absolute Gasteiger partial charge is 0.454 e. The van der Waals surface area contributed by atoms with Gasteiger partial charge in [0, 0.05) is 19.6 Å². The van der Waals surface area contributed by atoms with E-state index in [2.05, 4.69) is 5.32 Å². The van der Waals surface area contributed by atoms with Crippen LogP contribution in [-0.4, -0.2) is 38.5 Å². The van der Waals surface area contributed by atoms with E-state index in [0.717, 1.165) is 11.1 Å². The van der Waals surface area contributed by atoms with Gasteiger partial charge in [0.25, 0.3) is 0 Å². The van der Waals surface area contributed by atoms with E-state index >= 15 is 0 Å². The molecule has 0 saturated carbocycles. The molecule has 2 aromatic carbocycles. The van der Waals surface area contributed by atoms with Crippen LogP contribution >= 0.6 is 0 Å². The van der Waals surface area contributed by atoms with Crippen LogP contribution in [-0.2, 0) is 21.4 Å². The first-order valence-electron chi connectivity index (χ1n) is 9.66. The SMILES string of the molecule is Cc1ccc(S(=O)(=O)N2CCC[C@@H](C(=O)NCc3ccc4c(c3)OCO4)C2)cc1. The molecular formula is C21H24N2O5S. The van der Waals surface area contributed by atoms with Gasteiger partial charge in [-0.25, -0.2) is 8.42 Å². The Labute approximate surface area is 170 Å². The number of rotatable bonds is 5. The first kappa shape index (κ1) is 19.7. The molecule has 4 rings (SSSR count). The predicted octanol–water partition coefficient (Wildman–Crippen LogP) is 2.44. The molecule has 2 aliphatic rings. The number of ether oxygens (including phenoxy) is 2. The lowest BCUT2D eigenvalue weighted by molar-refractivity contribution is -0.126. The van der Waals surface area contributed by atoms with Gasteiger partial charge in [0.05, 0.1) is 10.8 Å². The highest BCUT2D eigenvalue weighted by atomic mass is 32.2. The third-order valence-corrected chi connectivity index (χ3v) is 7.20. The topological polar surface area (TPSA) is 84.9 Å². The number of fused-ring (bicyclic) bond motifs is 1. The highest BCUT2D eigenvalue weighted by molar-refractivity contribution is 7.89. The number of sulfonamides is 1. The molecule has 0 unspecified atom stereocenters. The Morgan fingerprint density at radius 3 is 2.69 bits per heavy atom. The van der Waals surface area contributed by atoms with E-state index in [1.807, 2.05) is 25.1 Å². The summed E-state index contributed by atoms with van der Waals surface area (Å²) in [5.74, 6) is 0.874. The van der Waals surface area contributed by atoms with E-state index in [0.29, 0.717) is 37.4 Å². The van der Waals surface area contributed by atoms with Crippen molar-refractivity contribution in [2.45, 2.75) is 31.2 Å². The molecule has 1 atom stereocenters. The lowest BCUT2D eigenvalue weighted by Crippen LogP contribution is -2.45. The van der Waals surface area contributed by atoms with Crippen molar-refractivity contribution >= 4 is 15.9 Å². The number of carbonyl (C=O) groups is 1. The van der Waals surface area contributed by atoms with E-state index in [4.69, 9.17) is 9.47 Å². The average molecular weight is 416 g/mol. The average Bonchev–Trinajstić information content (AvgIpc) is 3.20. The third-order valence-electron chi connectivity index (χ3n) is 5.32. The number of carbonyl (C=O) groups excluding carboxylic acids is 1. The van der Waals surface area contributed by atoms with Crippen molar-refractivity contribution in [3.05, 3.63) is 53.6 Å². The molecule has 0 radical (unpaired) electrons. The summed E-state index contributed by atoms with van der Waals surface area (Å²) in [5, 5.41) is 2.92. The first-order chi connectivity index (χ1) is 13.9. The molecule has 29 heavy (non-hydrogen) atoms. The van der Waals surface area contributed by atoms with E-state index < -0.39 is 10.0 Å². The first-order valence-corrected chi connectivity index (χ1v) is 11.1. The molecule has 7 nitrogen and oxygen atoms in total. The highest BCUT2D eigenvalue weighted by Crippen LogP contribution is 2.32. The van der Waals surface area contributed by atoms with Crippen molar-refractivity contribution in [2.75, 3.05) is 19.9 Å². The lowest BCUT2D eigenvalue weighted by atomic mass is 9.98. The number of nitrogens with one attached hydrogen (secondary N) is 1. The minimum absolute atomic E-state index is 0.133. The Balaban J connectivity index is 1.38. The van der Waals surface area contributed by atoms with Gasteiger partial charge < -0.3 is 14.8 Å². The van der Waals surface area contributed by atoms with Gasteiger partial charge in [-0.2, -0.15) is 4.31 Å². The molecule has 1 amide bonds. The van der Waals surface area contributed by atoms with Gasteiger partial charge in [-0.05, 0) is 49.6 Å². The Bertz CT molecular complexity index is 1000. The van der Waals surface area contributed by atoms with Gasteiger partial charge in [-0.1, -0.05) is 23.8 Å². The molecule has 1 saturated heterocycles. The fourth-order valence-corrected chi connectivity index (χ4v) is 5.14. The molecule has 2 heterocycles. The highest BCUT2D eigenvalue weighted by Gasteiger charge is 2.33. The predicted molar refractivity (Wildman–Crippen MR) is 107 cm³/mol. The molecule has 2 aliphatic heterocycles. The molecule has 0 aliphatic carbocycles. The van der Waals surface area contributed by atoms with Crippen LogP contribution in [0.2, 0.25) is 0 Å². The minimum atomic E-state index is -3.60. The number of nitrogens with zero attached hydrogens (tertiary/aromatic N) is 1. The van der Waals surface area contributed by atoms with Gasteiger partial charge in [0.15, 0.2) is 11.5 Å². The Morgan fingerprint density at radius 2 is 1.90 bits per heavy atom. The number of aryl methyl sites for hydroxylation is 1. The van der Waals surface area contributed by atoms with E-state index in [9.17, 15) is 13.2 Å². The summed E-state index contributed by atoms with van der Waals surface area (Å²) in [6.07, 6.45) is 1.33. The number of piperidine rings is 1.